The van der Waals surface area contributed by atoms with Crippen LogP contribution in [0.25, 0.3) is 0 Å². The lowest BCUT2D eigenvalue weighted by molar-refractivity contribution is -0.137. The first kappa shape index (κ1) is 21.2. The van der Waals surface area contributed by atoms with Crippen LogP contribution in [0.2, 0.25) is 0 Å². The molecule has 29 heavy (non-hydrogen) atoms. The molecule has 2 N–H and O–H groups in total. The predicted octanol–water partition coefficient (Wildman–Crippen LogP) is 0.871. The molecule has 1 aromatic rings. The van der Waals surface area contributed by atoms with E-state index in [-0.39, 0.29) is 30.9 Å². The molecule has 2 heterocycles. The Morgan fingerprint density at radius 3 is 2.62 bits per heavy atom. The highest BCUT2D eigenvalue weighted by molar-refractivity contribution is 5.98. The predicted molar refractivity (Wildman–Crippen MR) is 111 cm³/mol. The molecular weight excluding hydrogens is 370 g/mol. The number of carbonyl (C=O) groups excluding carboxylic acids is 2. The van der Waals surface area contributed by atoms with Crippen LogP contribution >= 0.6 is 0 Å². The van der Waals surface area contributed by atoms with Gasteiger partial charge in [-0.05, 0) is 36.6 Å². The minimum atomic E-state index is -0.771. The number of nitrogens with zero attached hydrogens (tertiary/aromatic N) is 2. The largest absolute Gasteiger partial charge is 0.388 e. The van der Waals surface area contributed by atoms with Crippen molar-refractivity contribution in [1.29, 1.82) is 0 Å². The van der Waals surface area contributed by atoms with E-state index in [2.05, 4.69) is 17.2 Å². The summed E-state index contributed by atoms with van der Waals surface area (Å²) in [5.41, 5.74) is 1.49. The van der Waals surface area contributed by atoms with Gasteiger partial charge in [0.25, 0.3) is 5.91 Å². The van der Waals surface area contributed by atoms with Crippen molar-refractivity contribution < 1.29 is 19.4 Å². The second kappa shape index (κ2) is 8.85. The zero-order valence-corrected chi connectivity index (χ0v) is 17.4. The molecule has 7 heteroatoms. The Bertz CT molecular complexity index is 810. The summed E-state index contributed by atoms with van der Waals surface area (Å²) in [4.78, 5) is 29.6. The number of benzene rings is 1. The summed E-state index contributed by atoms with van der Waals surface area (Å²) >= 11 is 0. The first-order valence-electron chi connectivity index (χ1n) is 9.94. The second-order valence-electron chi connectivity index (χ2n) is 8.20. The number of hydrogen-bond acceptors (Lipinski definition) is 5. The lowest BCUT2D eigenvalue weighted by Crippen LogP contribution is -2.57. The van der Waals surface area contributed by atoms with Crippen LogP contribution in [0.4, 0.5) is 5.69 Å². The number of aliphatic hydroxyl groups excluding tert-OH is 1. The third kappa shape index (κ3) is 4.72. The van der Waals surface area contributed by atoms with Gasteiger partial charge in [0.1, 0.15) is 18.2 Å². The quantitative estimate of drug-likeness (QED) is 0.694. The molecule has 2 aliphatic heterocycles. The number of aliphatic hydroxyl groups is 1. The van der Waals surface area contributed by atoms with Crippen molar-refractivity contribution in [2.45, 2.75) is 44.6 Å². The molecule has 3 rings (SSSR count). The molecule has 0 aliphatic carbocycles. The number of carbonyl (C=O) groups is 2. The first-order chi connectivity index (χ1) is 13.8. The number of ether oxygens (including phenoxy) is 1. The number of amides is 2. The minimum absolute atomic E-state index is 0.160. The molecular formula is C22H29N3O4. The van der Waals surface area contributed by atoms with Crippen LogP contribution < -0.4 is 10.2 Å². The highest BCUT2D eigenvalue weighted by Crippen LogP contribution is 2.24. The zero-order valence-electron chi connectivity index (χ0n) is 17.4. The SMILES string of the molecule is CC(C)C[C@H](NC(=O)c1ccc(N(C)C)cc1)C(=O)N1CC#C[C@H]2OC[C@H](O)[C@H]21. The summed E-state index contributed by atoms with van der Waals surface area (Å²) < 4.78 is 5.48. The molecule has 1 fully saturated rings. The number of fused-ring (bicyclic) bond motifs is 1. The van der Waals surface area contributed by atoms with Crippen LogP contribution in [0.15, 0.2) is 24.3 Å². The van der Waals surface area contributed by atoms with E-state index in [1.165, 1.54) is 0 Å². The van der Waals surface area contributed by atoms with Crippen LogP contribution in [0.5, 0.6) is 0 Å². The molecule has 0 bridgehead atoms. The van der Waals surface area contributed by atoms with Crippen LogP contribution in [0, 0.1) is 17.8 Å². The lowest BCUT2D eigenvalue weighted by atomic mass is 9.98. The Labute approximate surface area is 172 Å². The number of nitrogens with one attached hydrogen (secondary N) is 1. The van der Waals surface area contributed by atoms with Gasteiger partial charge >= 0.3 is 0 Å². The monoisotopic (exact) mass is 399 g/mol. The van der Waals surface area contributed by atoms with E-state index in [4.69, 9.17) is 4.74 Å². The van der Waals surface area contributed by atoms with E-state index in [9.17, 15) is 14.7 Å². The van der Waals surface area contributed by atoms with E-state index in [0.29, 0.717) is 12.0 Å². The van der Waals surface area contributed by atoms with E-state index in [0.717, 1.165) is 5.69 Å². The Morgan fingerprint density at radius 2 is 2.00 bits per heavy atom. The third-order valence-corrected chi connectivity index (χ3v) is 5.24. The van der Waals surface area contributed by atoms with E-state index in [1.807, 2.05) is 45.0 Å². The van der Waals surface area contributed by atoms with Gasteiger partial charge in [-0.25, -0.2) is 0 Å². The molecule has 2 amide bonds. The van der Waals surface area contributed by atoms with E-state index in [1.54, 1.807) is 17.0 Å². The van der Waals surface area contributed by atoms with Crippen molar-refractivity contribution in [3.8, 4) is 11.8 Å². The summed E-state index contributed by atoms with van der Waals surface area (Å²) in [5, 5.41) is 13.2. The first-order valence-corrected chi connectivity index (χ1v) is 9.94. The Morgan fingerprint density at radius 1 is 1.31 bits per heavy atom. The maximum absolute atomic E-state index is 13.3. The molecule has 7 nitrogen and oxygen atoms in total. The third-order valence-electron chi connectivity index (χ3n) is 5.24. The van der Waals surface area contributed by atoms with Crippen molar-refractivity contribution in [3.63, 3.8) is 0 Å². The molecule has 1 saturated heterocycles. The van der Waals surface area contributed by atoms with Crippen LogP contribution in [0.3, 0.4) is 0 Å². The number of anilines is 1. The van der Waals surface area contributed by atoms with Crippen molar-refractivity contribution in [3.05, 3.63) is 29.8 Å². The Balaban J connectivity index is 1.76. The molecule has 2 aliphatic rings. The highest BCUT2D eigenvalue weighted by Gasteiger charge is 2.44. The van der Waals surface area contributed by atoms with Gasteiger partial charge < -0.3 is 25.0 Å². The van der Waals surface area contributed by atoms with E-state index < -0.39 is 24.3 Å². The van der Waals surface area contributed by atoms with Gasteiger partial charge in [-0.15, -0.1) is 0 Å². The van der Waals surface area contributed by atoms with Crippen molar-refractivity contribution in [1.82, 2.24) is 10.2 Å². The molecule has 156 valence electrons. The van der Waals surface area contributed by atoms with Crippen LogP contribution in [-0.4, -0.2) is 73.4 Å². The maximum Gasteiger partial charge on any atom is 0.251 e. The average molecular weight is 399 g/mol. The standard InChI is InChI=1S/C22H29N3O4/c1-14(2)12-17(23-21(27)15-7-9-16(10-8-15)24(3)4)22(28)25-11-5-6-19-20(25)18(26)13-29-19/h7-10,14,17-20,26H,11-13H2,1-4H3,(H,23,27)/t17-,18-,19+,20+/m0/s1. The molecule has 1 aromatic carbocycles. The Kier molecular flexibility index (Phi) is 6.46. The molecule has 0 radical (unpaired) electrons. The van der Waals surface area contributed by atoms with E-state index >= 15 is 0 Å². The highest BCUT2D eigenvalue weighted by atomic mass is 16.5. The molecule has 0 spiro atoms. The van der Waals surface area contributed by atoms with Crippen molar-refractivity contribution in [2.75, 3.05) is 32.1 Å². The molecule has 0 unspecified atom stereocenters. The molecule has 0 aromatic heterocycles. The van der Waals surface area contributed by atoms with Gasteiger partial charge in [0.2, 0.25) is 5.91 Å². The van der Waals surface area contributed by atoms with Crippen LogP contribution in [0.1, 0.15) is 30.6 Å². The van der Waals surface area contributed by atoms with Crippen molar-refractivity contribution >= 4 is 17.5 Å². The normalized spacial score (nSPS) is 23.8. The minimum Gasteiger partial charge on any atom is -0.388 e. The van der Waals surface area contributed by atoms with Gasteiger partial charge in [0.15, 0.2) is 0 Å². The topological polar surface area (TPSA) is 82.1 Å². The summed E-state index contributed by atoms with van der Waals surface area (Å²) in [5.74, 6) is 5.54. The van der Waals surface area contributed by atoms with Gasteiger partial charge in [-0.3, -0.25) is 9.59 Å². The maximum atomic E-state index is 13.3. The number of hydrogen-bond donors (Lipinski definition) is 2. The van der Waals surface area contributed by atoms with Crippen LogP contribution in [-0.2, 0) is 9.53 Å². The van der Waals surface area contributed by atoms with Crippen molar-refractivity contribution in [2.24, 2.45) is 5.92 Å². The lowest BCUT2D eigenvalue weighted by Gasteiger charge is -2.35. The average Bonchev–Trinajstić information content (AvgIpc) is 3.07. The van der Waals surface area contributed by atoms with Gasteiger partial charge in [-0.2, -0.15) is 0 Å². The molecule has 4 atom stereocenters. The fourth-order valence-corrected chi connectivity index (χ4v) is 3.71. The van der Waals surface area contributed by atoms with Gasteiger partial charge in [-0.1, -0.05) is 25.7 Å². The Hall–Kier alpha value is -2.56. The molecule has 0 saturated carbocycles. The number of rotatable bonds is 6. The zero-order chi connectivity index (χ0) is 21.1. The smallest absolute Gasteiger partial charge is 0.251 e. The fraction of sp³-hybridized carbons (Fsp3) is 0.545. The second-order valence-corrected chi connectivity index (χ2v) is 8.20. The summed E-state index contributed by atoms with van der Waals surface area (Å²) in [6.45, 7) is 4.39. The fourth-order valence-electron chi connectivity index (χ4n) is 3.71. The summed E-state index contributed by atoms with van der Waals surface area (Å²) in [6.07, 6.45) is -0.747. The summed E-state index contributed by atoms with van der Waals surface area (Å²) in [7, 11) is 3.87. The van der Waals surface area contributed by atoms with Gasteiger partial charge in [0.05, 0.1) is 19.2 Å². The summed E-state index contributed by atoms with van der Waals surface area (Å²) in [6, 6.07) is 6.05. The van der Waals surface area contributed by atoms with Gasteiger partial charge in [0, 0.05) is 25.3 Å².